The van der Waals surface area contributed by atoms with Crippen LogP contribution in [0.3, 0.4) is 0 Å². The SMILES string of the molecule is CSc1ccc(Cl)c(C(=O)N2CC(O)(C3CC3)C2)c1. The Kier molecular flexibility index (Phi) is 3.28. The Morgan fingerprint density at radius 2 is 2.16 bits per heavy atom. The van der Waals surface area contributed by atoms with Crippen molar-refractivity contribution in [3.8, 4) is 0 Å². The highest BCUT2D eigenvalue weighted by Crippen LogP contribution is 2.45. The Morgan fingerprint density at radius 3 is 2.74 bits per heavy atom. The third kappa shape index (κ3) is 2.37. The minimum absolute atomic E-state index is 0.0776. The van der Waals surface area contributed by atoms with Crippen LogP contribution in [0.2, 0.25) is 5.02 Å². The van der Waals surface area contributed by atoms with Crippen molar-refractivity contribution in [3.63, 3.8) is 0 Å². The van der Waals surface area contributed by atoms with E-state index in [0.717, 1.165) is 17.7 Å². The summed E-state index contributed by atoms with van der Waals surface area (Å²) in [5.74, 6) is 0.316. The number of rotatable bonds is 3. The molecule has 3 rings (SSSR count). The molecule has 1 aliphatic carbocycles. The Balaban J connectivity index is 1.74. The van der Waals surface area contributed by atoms with Gasteiger partial charge in [-0.1, -0.05) is 11.6 Å². The summed E-state index contributed by atoms with van der Waals surface area (Å²) in [7, 11) is 0. The predicted molar refractivity (Wildman–Crippen MR) is 76.8 cm³/mol. The number of nitrogens with zero attached hydrogens (tertiary/aromatic N) is 1. The highest BCUT2D eigenvalue weighted by molar-refractivity contribution is 7.98. The minimum Gasteiger partial charge on any atom is -0.386 e. The van der Waals surface area contributed by atoms with Crippen LogP contribution < -0.4 is 0 Å². The zero-order valence-electron chi connectivity index (χ0n) is 10.7. The lowest BCUT2D eigenvalue weighted by molar-refractivity contribution is -0.0958. The molecule has 1 aromatic rings. The summed E-state index contributed by atoms with van der Waals surface area (Å²) in [5, 5.41) is 10.7. The number of β-amino-alcohol motifs (C(OH)–C–C–N with tert-alkyl or cyclic N) is 1. The van der Waals surface area contributed by atoms with Crippen molar-refractivity contribution in [3.05, 3.63) is 28.8 Å². The zero-order valence-corrected chi connectivity index (χ0v) is 12.3. The second kappa shape index (κ2) is 4.69. The van der Waals surface area contributed by atoms with Crippen molar-refractivity contribution >= 4 is 29.3 Å². The van der Waals surface area contributed by atoms with Crippen molar-refractivity contribution in [1.82, 2.24) is 4.90 Å². The molecule has 2 aliphatic rings. The summed E-state index contributed by atoms with van der Waals surface area (Å²) in [5.41, 5.74) is -0.106. The van der Waals surface area contributed by atoms with Crippen LogP contribution in [-0.2, 0) is 0 Å². The first kappa shape index (κ1) is 13.3. The van der Waals surface area contributed by atoms with Gasteiger partial charge in [-0.15, -0.1) is 11.8 Å². The largest absolute Gasteiger partial charge is 0.386 e. The fraction of sp³-hybridized carbons (Fsp3) is 0.500. The number of aliphatic hydroxyl groups is 1. The van der Waals surface area contributed by atoms with Crippen LogP contribution in [0.25, 0.3) is 0 Å². The Bertz CT molecular complexity index is 524. The molecule has 3 nitrogen and oxygen atoms in total. The van der Waals surface area contributed by atoms with Crippen LogP contribution in [0.4, 0.5) is 0 Å². The highest BCUT2D eigenvalue weighted by atomic mass is 35.5. The first-order valence-electron chi connectivity index (χ1n) is 6.39. The van der Waals surface area contributed by atoms with E-state index in [1.165, 1.54) is 0 Å². The van der Waals surface area contributed by atoms with Gasteiger partial charge in [-0.3, -0.25) is 4.79 Å². The average Bonchev–Trinajstić information content (AvgIpc) is 3.19. The Morgan fingerprint density at radius 1 is 1.47 bits per heavy atom. The molecule has 0 unspecified atom stereocenters. The molecular formula is C14H16ClNO2S. The van der Waals surface area contributed by atoms with E-state index in [1.54, 1.807) is 22.7 Å². The van der Waals surface area contributed by atoms with Gasteiger partial charge >= 0.3 is 0 Å². The van der Waals surface area contributed by atoms with Gasteiger partial charge in [0.25, 0.3) is 5.91 Å². The molecule has 5 heteroatoms. The quantitative estimate of drug-likeness (QED) is 0.872. The molecule has 1 saturated heterocycles. The smallest absolute Gasteiger partial charge is 0.255 e. The maximum absolute atomic E-state index is 12.4. The molecule has 102 valence electrons. The highest BCUT2D eigenvalue weighted by Gasteiger charge is 2.53. The Labute approximate surface area is 121 Å². The van der Waals surface area contributed by atoms with Crippen molar-refractivity contribution < 1.29 is 9.90 Å². The molecule has 19 heavy (non-hydrogen) atoms. The molecule has 0 aromatic heterocycles. The van der Waals surface area contributed by atoms with Crippen LogP contribution in [0.1, 0.15) is 23.2 Å². The second-order valence-electron chi connectivity index (χ2n) is 5.38. The predicted octanol–water partition coefficient (Wildman–Crippen LogP) is 2.66. The lowest BCUT2D eigenvalue weighted by Gasteiger charge is -2.47. The van der Waals surface area contributed by atoms with Crippen LogP contribution >= 0.6 is 23.4 Å². The number of thioether (sulfide) groups is 1. The fourth-order valence-electron chi connectivity index (χ4n) is 2.60. The number of carbonyl (C=O) groups is 1. The van der Waals surface area contributed by atoms with Crippen molar-refractivity contribution in [2.75, 3.05) is 19.3 Å². The van der Waals surface area contributed by atoms with Crippen LogP contribution in [-0.4, -0.2) is 40.9 Å². The first-order valence-corrected chi connectivity index (χ1v) is 7.99. The van der Waals surface area contributed by atoms with E-state index in [0.29, 0.717) is 29.6 Å². The molecule has 1 aliphatic heterocycles. The third-order valence-corrected chi connectivity index (χ3v) is 5.01. The van der Waals surface area contributed by atoms with Crippen molar-refractivity contribution in [2.45, 2.75) is 23.3 Å². The van der Waals surface area contributed by atoms with E-state index in [9.17, 15) is 9.90 Å². The number of benzene rings is 1. The molecule has 1 N–H and O–H groups in total. The van der Waals surface area contributed by atoms with Gasteiger partial charge in [0, 0.05) is 4.90 Å². The van der Waals surface area contributed by atoms with Crippen molar-refractivity contribution in [2.24, 2.45) is 5.92 Å². The molecule has 2 fully saturated rings. The van der Waals surface area contributed by atoms with E-state index in [4.69, 9.17) is 11.6 Å². The standard InChI is InChI=1S/C14H16ClNO2S/c1-19-10-4-5-12(15)11(6-10)13(17)16-7-14(18,8-16)9-2-3-9/h4-6,9,18H,2-3,7-8H2,1H3. The number of amides is 1. The van der Waals surface area contributed by atoms with Gasteiger partial charge < -0.3 is 10.0 Å². The molecular weight excluding hydrogens is 282 g/mol. The lowest BCUT2D eigenvalue weighted by atomic mass is 9.88. The van der Waals surface area contributed by atoms with Gasteiger partial charge in [-0.25, -0.2) is 0 Å². The van der Waals surface area contributed by atoms with E-state index in [-0.39, 0.29) is 5.91 Å². The fourth-order valence-corrected chi connectivity index (χ4v) is 3.24. The van der Waals surface area contributed by atoms with Gasteiger partial charge in [0.1, 0.15) is 5.60 Å². The summed E-state index contributed by atoms with van der Waals surface area (Å²) in [6, 6.07) is 5.48. The van der Waals surface area contributed by atoms with Gasteiger partial charge in [0.15, 0.2) is 0 Å². The van der Waals surface area contributed by atoms with Gasteiger partial charge in [0.05, 0.1) is 23.7 Å². The molecule has 1 heterocycles. The molecule has 0 radical (unpaired) electrons. The minimum atomic E-state index is -0.640. The van der Waals surface area contributed by atoms with Gasteiger partial charge in [-0.05, 0) is 43.2 Å². The maximum atomic E-state index is 12.4. The van der Waals surface area contributed by atoms with Crippen LogP contribution in [0.15, 0.2) is 23.1 Å². The molecule has 0 atom stereocenters. The van der Waals surface area contributed by atoms with E-state index < -0.39 is 5.60 Å². The molecule has 1 amide bonds. The number of likely N-dealkylation sites (tertiary alicyclic amines) is 1. The van der Waals surface area contributed by atoms with Crippen LogP contribution in [0, 0.1) is 5.92 Å². The normalized spacial score (nSPS) is 21.1. The Hall–Kier alpha value is -0.710. The first-order chi connectivity index (χ1) is 9.03. The summed E-state index contributed by atoms with van der Waals surface area (Å²) in [6.07, 6.45) is 4.13. The summed E-state index contributed by atoms with van der Waals surface area (Å²) in [4.78, 5) is 15.1. The van der Waals surface area contributed by atoms with Gasteiger partial charge in [-0.2, -0.15) is 0 Å². The average molecular weight is 298 g/mol. The molecule has 1 saturated carbocycles. The van der Waals surface area contributed by atoms with Gasteiger partial charge in [0.2, 0.25) is 0 Å². The number of halogens is 1. The summed E-state index contributed by atoms with van der Waals surface area (Å²) in [6.45, 7) is 0.882. The molecule has 1 aromatic carbocycles. The topological polar surface area (TPSA) is 40.5 Å². The number of carbonyl (C=O) groups excluding carboxylic acids is 1. The monoisotopic (exact) mass is 297 g/mol. The van der Waals surface area contributed by atoms with E-state index >= 15 is 0 Å². The van der Waals surface area contributed by atoms with Crippen molar-refractivity contribution in [1.29, 1.82) is 0 Å². The zero-order chi connectivity index (χ0) is 13.6. The number of hydrogen-bond acceptors (Lipinski definition) is 3. The lowest BCUT2D eigenvalue weighted by Crippen LogP contribution is -2.64. The van der Waals surface area contributed by atoms with E-state index in [1.807, 2.05) is 18.4 Å². The number of hydrogen-bond donors (Lipinski definition) is 1. The summed E-state index contributed by atoms with van der Waals surface area (Å²) < 4.78 is 0. The third-order valence-electron chi connectivity index (χ3n) is 3.96. The summed E-state index contributed by atoms with van der Waals surface area (Å²) >= 11 is 7.68. The second-order valence-corrected chi connectivity index (χ2v) is 6.67. The van der Waals surface area contributed by atoms with Crippen LogP contribution in [0.5, 0.6) is 0 Å². The molecule has 0 bridgehead atoms. The molecule has 0 spiro atoms. The maximum Gasteiger partial charge on any atom is 0.255 e. The van der Waals surface area contributed by atoms with E-state index in [2.05, 4.69) is 0 Å².